The highest BCUT2D eigenvalue weighted by atomic mass is 79.9. The lowest BCUT2D eigenvalue weighted by atomic mass is 9.96. The van der Waals surface area contributed by atoms with Gasteiger partial charge in [-0.25, -0.2) is 0 Å². The van der Waals surface area contributed by atoms with Gasteiger partial charge in [0, 0.05) is 5.56 Å². The Morgan fingerprint density at radius 2 is 1.70 bits per heavy atom. The molecule has 1 atom stereocenters. The number of benzene rings is 2. The lowest BCUT2D eigenvalue weighted by Gasteiger charge is -2.14. The van der Waals surface area contributed by atoms with Crippen molar-refractivity contribution in [2.75, 3.05) is 0 Å². The molecule has 1 heterocycles. The Morgan fingerprint density at radius 3 is 2.35 bits per heavy atom. The van der Waals surface area contributed by atoms with E-state index in [4.69, 9.17) is 11.6 Å². The fourth-order valence-corrected chi connectivity index (χ4v) is 5.85. The summed E-state index contributed by atoms with van der Waals surface area (Å²) >= 11 is 15.5. The van der Waals surface area contributed by atoms with Gasteiger partial charge in [-0.3, -0.25) is 0 Å². The van der Waals surface area contributed by atoms with Gasteiger partial charge in [-0.2, -0.15) is 0 Å². The van der Waals surface area contributed by atoms with Gasteiger partial charge in [0.05, 0.1) is 12.9 Å². The highest BCUT2D eigenvalue weighted by molar-refractivity contribution is 9.12. The third kappa shape index (κ3) is 2.57. The Kier molecular flexibility index (Phi) is 4.23. The van der Waals surface area contributed by atoms with E-state index in [2.05, 4.69) is 81.2 Å². The Labute approximate surface area is 144 Å². The zero-order valence-electron chi connectivity index (χ0n) is 10.7. The molecule has 0 radical (unpaired) electrons. The first-order valence-corrected chi connectivity index (χ1v) is 8.99. The molecule has 3 rings (SSSR count). The van der Waals surface area contributed by atoms with Gasteiger partial charge in [0.2, 0.25) is 0 Å². The van der Waals surface area contributed by atoms with Gasteiger partial charge in [-0.05, 0) is 66.7 Å². The molecule has 4 heteroatoms. The molecule has 3 aromatic rings. The maximum absolute atomic E-state index is 6.74. The molecular weight excluding hydrogens is 420 g/mol. The molecule has 20 heavy (non-hydrogen) atoms. The van der Waals surface area contributed by atoms with Crippen molar-refractivity contribution in [3.63, 3.8) is 0 Å². The number of aryl methyl sites for hydroxylation is 1. The van der Waals surface area contributed by atoms with Gasteiger partial charge in [0.15, 0.2) is 0 Å². The summed E-state index contributed by atoms with van der Waals surface area (Å²) in [5.74, 6) is 0. The maximum Gasteiger partial charge on any atom is 0.0860 e. The van der Waals surface area contributed by atoms with Gasteiger partial charge in [-0.15, -0.1) is 22.9 Å². The predicted molar refractivity (Wildman–Crippen MR) is 96.1 cm³/mol. The summed E-state index contributed by atoms with van der Waals surface area (Å²) < 4.78 is 2.16. The van der Waals surface area contributed by atoms with E-state index in [-0.39, 0.29) is 5.38 Å². The minimum Gasteiger partial charge on any atom is -0.121 e. The second-order valence-electron chi connectivity index (χ2n) is 4.66. The Balaban J connectivity index is 2.20. The lowest BCUT2D eigenvalue weighted by molar-refractivity contribution is 1.16. The lowest BCUT2D eigenvalue weighted by Crippen LogP contribution is -1.94. The Bertz CT molecular complexity index is 779. The molecular formula is C16H11Br2ClS. The fraction of sp³-hybridized carbons (Fsp3) is 0.125. The van der Waals surface area contributed by atoms with Crippen LogP contribution >= 0.6 is 54.8 Å². The van der Waals surface area contributed by atoms with Crippen LogP contribution in [0.3, 0.4) is 0 Å². The number of halogens is 3. The first-order valence-electron chi connectivity index (χ1n) is 6.15. The number of thiophene rings is 1. The van der Waals surface area contributed by atoms with Crippen molar-refractivity contribution in [2.24, 2.45) is 0 Å². The minimum absolute atomic E-state index is 0.155. The monoisotopic (exact) mass is 428 g/mol. The van der Waals surface area contributed by atoms with Crippen molar-refractivity contribution in [1.29, 1.82) is 0 Å². The van der Waals surface area contributed by atoms with E-state index in [0.717, 1.165) is 18.7 Å². The molecule has 0 fully saturated rings. The molecule has 0 bridgehead atoms. The summed E-state index contributed by atoms with van der Waals surface area (Å²) in [4.78, 5) is 0. The molecule has 0 aliphatic heterocycles. The molecule has 0 aliphatic rings. The molecule has 0 amide bonds. The van der Waals surface area contributed by atoms with Crippen LogP contribution in [0.4, 0.5) is 0 Å². The van der Waals surface area contributed by atoms with Crippen LogP contribution in [0.15, 0.2) is 50.0 Å². The zero-order valence-corrected chi connectivity index (χ0v) is 15.4. The first-order chi connectivity index (χ1) is 9.58. The molecule has 1 aromatic heterocycles. The van der Waals surface area contributed by atoms with Crippen molar-refractivity contribution in [1.82, 2.24) is 0 Å². The smallest absolute Gasteiger partial charge is 0.0860 e. The normalized spacial score (nSPS) is 12.8. The molecule has 2 aromatic carbocycles. The van der Waals surface area contributed by atoms with Crippen LogP contribution in [0, 0.1) is 6.92 Å². The Morgan fingerprint density at radius 1 is 1.00 bits per heavy atom. The second-order valence-corrected chi connectivity index (χ2v) is 8.85. The molecule has 0 nitrogen and oxygen atoms in total. The van der Waals surface area contributed by atoms with E-state index in [0.29, 0.717) is 0 Å². The van der Waals surface area contributed by atoms with Crippen LogP contribution in [-0.2, 0) is 0 Å². The predicted octanol–water partition coefficient (Wildman–Crippen LogP) is 7.06. The van der Waals surface area contributed by atoms with Gasteiger partial charge < -0.3 is 0 Å². The van der Waals surface area contributed by atoms with E-state index >= 15 is 0 Å². The summed E-state index contributed by atoms with van der Waals surface area (Å²) in [6, 6.07) is 14.8. The van der Waals surface area contributed by atoms with Crippen LogP contribution in [0.25, 0.3) is 10.8 Å². The van der Waals surface area contributed by atoms with Crippen molar-refractivity contribution in [3.05, 3.63) is 66.7 Å². The second kappa shape index (κ2) is 5.80. The standard InChI is InChI=1S/C16H11Br2ClS/c1-9-6-7-12(11-5-3-2-4-10(9)11)15(19)13-8-14(17)20-16(13)18/h2-8,15H,1H3. The molecule has 1 unspecified atom stereocenters. The van der Waals surface area contributed by atoms with E-state index in [1.165, 1.54) is 16.3 Å². The fourth-order valence-electron chi connectivity index (χ4n) is 2.39. The highest BCUT2D eigenvalue weighted by Crippen LogP contribution is 2.42. The summed E-state index contributed by atoms with van der Waals surface area (Å²) in [5.41, 5.74) is 3.54. The van der Waals surface area contributed by atoms with Gasteiger partial charge in [-0.1, -0.05) is 36.4 Å². The van der Waals surface area contributed by atoms with Gasteiger partial charge in [0.1, 0.15) is 0 Å². The van der Waals surface area contributed by atoms with Crippen LogP contribution in [0.2, 0.25) is 0 Å². The van der Waals surface area contributed by atoms with Crippen molar-refractivity contribution in [3.8, 4) is 0 Å². The van der Waals surface area contributed by atoms with Crippen LogP contribution in [-0.4, -0.2) is 0 Å². The summed E-state index contributed by atoms with van der Waals surface area (Å²) in [5, 5.41) is 2.33. The average Bonchev–Trinajstić information content (AvgIpc) is 2.78. The van der Waals surface area contributed by atoms with Crippen molar-refractivity contribution in [2.45, 2.75) is 12.3 Å². The molecule has 0 spiro atoms. The number of hydrogen-bond acceptors (Lipinski definition) is 1. The molecule has 0 saturated carbocycles. The van der Waals surface area contributed by atoms with Crippen molar-refractivity contribution < 1.29 is 0 Å². The summed E-state index contributed by atoms with van der Waals surface area (Å²) in [6.07, 6.45) is 0. The third-order valence-electron chi connectivity index (χ3n) is 3.40. The quantitative estimate of drug-likeness (QED) is 0.382. The van der Waals surface area contributed by atoms with E-state index in [9.17, 15) is 0 Å². The maximum atomic E-state index is 6.74. The van der Waals surface area contributed by atoms with Crippen molar-refractivity contribution >= 4 is 65.6 Å². The average molecular weight is 431 g/mol. The van der Waals surface area contributed by atoms with Crippen LogP contribution in [0.1, 0.15) is 22.1 Å². The zero-order chi connectivity index (χ0) is 14.3. The molecule has 0 N–H and O–H groups in total. The minimum atomic E-state index is -0.155. The summed E-state index contributed by atoms with van der Waals surface area (Å²) in [6.45, 7) is 2.13. The van der Waals surface area contributed by atoms with Gasteiger partial charge >= 0.3 is 0 Å². The molecule has 0 aliphatic carbocycles. The third-order valence-corrected chi connectivity index (χ3v) is 6.26. The number of alkyl halides is 1. The SMILES string of the molecule is Cc1ccc(C(Cl)c2cc(Br)sc2Br)c2ccccc12. The van der Waals surface area contributed by atoms with E-state index < -0.39 is 0 Å². The summed E-state index contributed by atoms with van der Waals surface area (Å²) in [7, 11) is 0. The molecule has 0 saturated heterocycles. The first kappa shape index (κ1) is 14.6. The van der Waals surface area contributed by atoms with Gasteiger partial charge in [0.25, 0.3) is 0 Å². The molecule has 102 valence electrons. The van der Waals surface area contributed by atoms with Crippen LogP contribution < -0.4 is 0 Å². The van der Waals surface area contributed by atoms with E-state index in [1.807, 2.05) is 0 Å². The number of fused-ring (bicyclic) bond motifs is 1. The Hall–Kier alpha value is -0.350. The van der Waals surface area contributed by atoms with Crippen LogP contribution in [0.5, 0.6) is 0 Å². The number of hydrogen-bond donors (Lipinski definition) is 0. The topological polar surface area (TPSA) is 0 Å². The van der Waals surface area contributed by atoms with E-state index in [1.54, 1.807) is 11.3 Å². The number of rotatable bonds is 2. The largest absolute Gasteiger partial charge is 0.121 e. The highest BCUT2D eigenvalue weighted by Gasteiger charge is 2.19.